The van der Waals surface area contributed by atoms with Gasteiger partial charge in [-0.25, -0.2) is 9.97 Å². The summed E-state index contributed by atoms with van der Waals surface area (Å²) in [5.74, 6) is 1.90. The Morgan fingerprint density at radius 2 is 1.69 bits per heavy atom. The Bertz CT molecular complexity index is 1010. The van der Waals surface area contributed by atoms with E-state index in [-0.39, 0.29) is 5.91 Å². The number of carbonyl (C=O) groups is 1. The first-order chi connectivity index (χ1) is 14.3. The second-order valence-corrected chi connectivity index (χ2v) is 8.40. The van der Waals surface area contributed by atoms with Gasteiger partial charge in [-0.2, -0.15) is 4.37 Å². The highest BCUT2D eigenvalue weighted by molar-refractivity contribution is 7.13. The molecule has 0 atom stereocenters. The normalized spacial score (nSPS) is 17.7. The smallest absolute Gasteiger partial charge is 0.272 e. The molecule has 0 unspecified atom stereocenters. The second kappa shape index (κ2) is 7.94. The number of piperidine rings is 1. The zero-order valence-electron chi connectivity index (χ0n) is 16.3. The Hall–Kier alpha value is -2.74. The van der Waals surface area contributed by atoms with Crippen LogP contribution in [0.4, 0.5) is 11.6 Å². The monoisotopic (exact) mass is 408 g/mol. The highest BCUT2D eigenvalue weighted by atomic mass is 32.1. The van der Waals surface area contributed by atoms with Gasteiger partial charge >= 0.3 is 0 Å². The lowest BCUT2D eigenvalue weighted by Gasteiger charge is -2.35. The third-order valence-electron chi connectivity index (χ3n) is 5.78. The highest BCUT2D eigenvalue weighted by Crippen LogP contribution is 2.30. The SMILES string of the molecule is O=C(c1cc(N2CCCCC2)ncn1)N1CCN(c2nsc3ccccc23)CC1. The molecule has 0 aliphatic carbocycles. The number of benzene rings is 1. The fraction of sp³-hybridized carbons (Fsp3) is 0.429. The maximum absolute atomic E-state index is 13.0. The number of fused-ring (bicyclic) bond motifs is 1. The molecule has 1 amide bonds. The van der Waals surface area contributed by atoms with Crippen molar-refractivity contribution in [3.8, 4) is 0 Å². The molecule has 0 N–H and O–H groups in total. The summed E-state index contributed by atoms with van der Waals surface area (Å²) < 4.78 is 5.85. The molecular weight excluding hydrogens is 384 g/mol. The zero-order valence-corrected chi connectivity index (χ0v) is 17.1. The molecule has 3 aromatic rings. The molecule has 0 spiro atoms. The fourth-order valence-electron chi connectivity index (χ4n) is 4.14. The molecule has 2 aliphatic rings. The van der Waals surface area contributed by atoms with Crippen LogP contribution in [0, 0.1) is 0 Å². The predicted molar refractivity (Wildman–Crippen MR) is 116 cm³/mol. The van der Waals surface area contributed by atoms with E-state index in [4.69, 9.17) is 0 Å². The van der Waals surface area contributed by atoms with Gasteiger partial charge in [-0.15, -0.1) is 0 Å². The Kier molecular flexibility index (Phi) is 5.01. The topological polar surface area (TPSA) is 65.5 Å². The molecule has 8 heteroatoms. The average molecular weight is 409 g/mol. The summed E-state index contributed by atoms with van der Waals surface area (Å²) in [7, 11) is 0. The third-order valence-corrected chi connectivity index (χ3v) is 6.59. The van der Waals surface area contributed by atoms with E-state index in [2.05, 4.69) is 42.3 Å². The van der Waals surface area contributed by atoms with E-state index in [0.29, 0.717) is 18.8 Å². The number of aromatic nitrogens is 3. The van der Waals surface area contributed by atoms with Crippen molar-refractivity contribution in [2.24, 2.45) is 0 Å². The number of anilines is 2. The molecule has 1 aromatic carbocycles. The summed E-state index contributed by atoms with van der Waals surface area (Å²) in [5, 5.41) is 1.19. The van der Waals surface area contributed by atoms with Crippen LogP contribution in [0.1, 0.15) is 29.8 Å². The van der Waals surface area contributed by atoms with Crippen LogP contribution in [0.25, 0.3) is 10.1 Å². The van der Waals surface area contributed by atoms with E-state index in [1.54, 1.807) is 0 Å². The van der Waals surface area contributed by atoms with Crippen LogP contribution in [-0.4, -0.2) is 64.4 Å². The van der Waals surface area contributed by atoms with Crippen molar-refractivity contribution in [3.05, 3.63) is 42.4 Å². The molecule has 29 heavy (non-hydrogen) atoms. The first-order valence-corrected chi connectivity index (χ1v) is 11.0. The number of piperazine rings is 1. The fourth-order valence-corrected chi connectivity index (χ4v) is 4.94. The summed E-state index contributed by atoms with van der Waals surface area (Å²) in [6.45, 7) is 4.92. The first-order valence-electron chi connectivity index (χ1n) is 10.3. The molecule has 0 radical (unpaired) electrons. The highest BCUT2D eigenvalue weighted by Gasteiger charge is 2.26. The van der Waals surface area contributed by atoms with Gasteiger partial charge in [-0.3, -0.25) is 4.79 Å². The minimum atomic E-state index is -0.00607. The molecule has 2 fully saturated rings. The van der Waals surface area contributed by atoms with Crippen LogP contribution in [0.2, 0.25) is 0 Å². The molecule has 2 saturated heterocycles. The number of nitrogens with zero attached hydrogens (tertiary/aromatic N) is 6. The Labute approximate surface area is 174 Å². The number of hydrogen-bond acceptors (Lipinski definition) is 7. The van der Waals surface area contributed by atoms with Crippen LogP contribution < -0.4 is 9.80 Å². The van der Waals surface area contributed by atoms with Gasteiger partial charge in [-0.1, -0.05) is 12.1 Å². The summed E-state index contributed by atoms with van der Waals surface area (Å²) in [6.07, 6.45) is 5.15. The van der Waals surface area contributed by atoms with E-state index in [0.717, 1.165) is 37.8 Å². The van der Waals surface area contributed by atoms with Gasteiger partial charge < -0.3 is 14.7 Å². The van der Waals surface area contributed by atoms with Gasteiger partial charge in [0.05, 0.1) is 4.70 Å². The van der Waals surface area contributed by atoms with Crippen molar-refractivity contribution in [1.82, 2.24) is 19.2 Å². The number of hydrogen-bond donors (Lipinski definition) is 0. The predicted octanol–water partition coefficient (Wildman–Crippen LogP) is 3.04. The van der Waals surface area contributed by atoms with Crippen LogP contribution in [0.15, 0.2) is 36.7 Å². The number of amides is 1. The second-order valence-electron chi connectivity index (χ2n) is 7.59. The molecular formula is C21H24N6OS. The van der Waals surface area contributed by atoms with E-state index < -0.39 is 0 Å². The van der Waals surface area contributed by atoms with Crippen LogP contribution in [0.3, 0.4) is 0 Å². The molecule has 2 aliphatic heterocycles. The van der Waals surface area contributed by atoms with Crippen molar-refractivity contribution in [2.45, 2.75) is 19.3 Å². The number of carbonyl (C=O) groups excluding carboxylic acids is 1. The summed E-state index contributed by atoms with van der Waals surface area (Å²) in [5.41, 5.74) is 0.494. The number of rotatable bonds is 3. The van der Waals surface area contributed by atoms with E-state index in [9.17, 15) is 4.79 Å². The molecule has 0 bridgehead atoms. The standard InChI is InChI=1S/C21H24N6OS/c28-21(17-14-19(23-15-22-17)25-8-4-1-5-9-25)27-12-10-26(11-13-27)20-16-6-2-3-7-18(16)29-24-20/h2-3,6-7,14-15H,1,4-5,8-13H2. The first kappa shape index (κ1) is 18.3. The molecule has 0 saturated carbocycles. The Balaban J connectivity index is 1.26. The van der Waals surface area contributed by atoms with Crippen LogP contribution >= 0.6 is 11.5 Å². The van der Waals surface area contributed by atoms with Gasteiger partial charge in [0.15, 0.2) is 0 Å². The quantitative estimate of drug-likeness (QED) is 0.664. The Morgan fingerprint density at radius 1 is 0.897 bits per heavy atom. The molecule has 4 heterocycles. The van der Waals surface area contributed by atoms with E-state index >= 15 is 0 Å². The molecule has 5 rings (SSSR count). The summed E-state index contributed by atoms with van der Waals surface area (Å²) in [4.78, 5) is 28.1. The lowest BCUT2D eigenvalue weighted by Crippen LogP contribution is -2.49. The minimum absolute atomic E-state index is 0.00607. The van der Waals surface area contributed by atoms with E-state index in [1.165, 1.54) is 47.2 Å². The van der Waals surface area contributed by atoms with Gasteiger partial charge in [-0.05, 0) is 42.9 Å². The minimum Gasteiger partial charge on any atom is -0.357 e. The van der Waals surface area contributed by atoms with Crippen molar-refractivity contribution in [1.29, 1.82) is 0 Å². The zero-order chi connectivity index (χ0) is 19.6. The Morgan fingerprint density at radius 3 is 2.52 bits per heavy atom. The maximum atomic E-state index is 13.0. The molecule has 2 aromatic heterocycles. The van der Waals surface area contributed by atoms with Crippen molar-refractivity contribution in [3.63, 3.8) is 0 Å². The van der Waals surface area contributed by atoms with Gasteiger partial charge in [0.1, 0.15) is 23.7 Å². The summed E-state index contributed by atoms with van der Waals surface area (Å²) >= 11 is 1.53. The molecule has 150 valence electrons. The maximum Gasteiger partial charge on any atom is 0.272 e. The summed E-state index contributed by atoms with van der Waals surface area (Å²) in [6, 6.07) is 10.2. The van der Waals surface area contributed by atoms with E-state index in [1.807, 2.05) is 17.0 Å². The van der Waals surface area contributed by atoms with Gasteiger partial charge in [0, 0.05) is 50.7 Å². The average Bonchev–Trinajstić information content (AvgIpc) is 3.24. The van der Waals surface area contributed by atoms with Crippen molar-refractivity contribution < 1.29 is 4.79 Å². The van der Waals surface area contributed by atoms with Crippen LogP contribution in [-0.2, 0) is 0 Å². The lowest BCUT2D eigenvalue weighted by molar-refractivity contribution is 0.0740. The van der Waals surface area contributed by atoms with Crippen LogP contribution in [0.5, 0.6) is 0 Å². The third kappa shape index (κ3) is 3.64. The van der Waals surface area contributed by atoms with Crippen molar-refractivity contribution in [2.75, 3.05) is 49.1 Å². The lowest BCUT2D eigenvalue weighted by atomic mass is 10.1. The largest absolute Gasteiger partial charge is 0.357 e. The van der Waals surface area contributed by atoms with Crippen molar-refractivity contribution >= 4 is 39.2 Å². The van der Waals surface area contributed by atoms with Gasteiger partial charge in [0.25, 0.3) is 5.91 Å². The van der Waals surface area contributed by atoms with Gasteiger partial charge in [0.2, 0.25) is 0 Å². The molecule has 7 nitrogen and oxygen atoms in total.